The number of phenolic OH excluding ortho intramolecular Hbond substituents is 2. The van der Waals surface area contributed by atoms with Gasteiger partial charge in [-0.05, 0) is 24.6 Å². The Morgan fingerprint density at radius 2 is 1.81 bits per heavy atom. The molecule has 0 aliphatic rings. The number of hydrogen-bond acceptors (Lipinski definition) is 5. The van der Waals surface area contributed by atoms with Gasteiger partial charge in [0.05, 0.1) is 6.54 Å². The molecule has 0 spiro atoms. The van der Waals surface area contributed by atoms with Crippen molar-refractivity contribution in [3.8, 4) is 11.5 Å². The van der Waals surface area contributed by atoms with Crippen LogP contribution in [-0.4, -0.2) is 50.2 Å². The van der Waals surface area contributed by atoms with Gasteiger partial charge in [0.1, 0.15) is 5.54 Å². The van der Waals surface area contributed by atoms with E-state index in [9.17, 15) is 24.9 Å². The van der Waals surface area contributed by atoms with E-state index in [0.29, 0.717) is 5.56 Å². The summed E-state index contributed by atoms with van der Waals surface area (Å²) in [6.45, 7) is 1.02. The first-order valence-corrected chi connectivity index (χ1v) is 5.54. The lowest BCUT2D eigenvalue weighted by molar-refractivity contribution is -0.146. The summed E-state index contributed by atoms with van der Waals surface area (Å²) in [6, 6.07) is 3.95. The van der Waals surface area contributed by atoms with Gasteiger partial charge in [-0.1, -0.05) is 6.07 Å². The van der Waals surface area contributed by atoms with Gasteiger partial charge in [0, 0.05) is 6.42 Å². The number of carboxylic acid groups (broad SMARTS) is 1. The SMILES string of the molecule is C[C@@](Cc1ccc(O)c(O)c1)(NC(=O)CN)C(=O)O.O.O. The zero-order valence-electron chi connectivity index (χ0n) is 11.4. The molecule has 0 aliphatic carbocycles. The maximum atomic E-state index is 11.3. The summed E-state index contributed by atoms with van der Waals surface area (Å²) in [5.41, 5.74) is 4.05. The number of nitrogens with one attached hydrogen (secondary N) is 1. The number of carboxylic acids is 1. The minimum absolute atomic E-state index is 0. The van der Waals surface area contributed by atoms with Crippen LogP contribution in [0.3, 0.4) is 0 Å². The van der Waals surface area contributed by atoms with Crippen LogP contribution in [0.5, 0.6) is 11.5 Å². The van der Waals surface area contributed by atoms with Crippen molar-refractivity contribution in [1.82, 2.24) is 5.32 Å². The van der Waals surface area contributed by atoms with Gasteiger partial charge < -0.3 is 37.3 Å². The number of rotatable bonds is 5. The molecular formula is C12H20N2O7. The van der Waals surface area contributed by atoms with E-state index < -0.39 is 17.4 Å². The molecule has 0 unspecified atom stereocenters. The number of amides is 1. The van der Waals surface area contributed by atoms with Gasteiger partial charge in [-0.25, -0.2) is 4.79 Å². The van der Waals surface area contributed by atoms with Crippen molar-refractivity contribution in [2.24, 2.45) is 5.73 Å². The van der Waals surface area contributed by atoms with Crippen LogP contribution in [0, 0.1) is 0 Å². The molecule has 10 N–H and O–H groups in total. The Morgan fingerprint density at radius 1 is 1.24 bits per heavy atom. The average molecular weight is 304 g/mol. The third kappa shape index (κ3) is 5.26. The predicted octanol–water partition coefficient (Wildman–Crippen LogP) is -2.09. The van der Waals surface area contributed by atoms with E-state index in [1.54, 1.807) is 0 Å². The van der Waals surface area contributed by atoms with Crippen molar-refractivity contribution in [1.29, 1.82) is 0 Å². The van der Waals surface area contributed by atoms with Gasteiger partial charge in [0.15, 0.2) is 11.5 Å². The van der Waals surface area contributed by atoms with Gasteiger partial charge >= 0.3 is 5.97 Å². The van der Waals surface area contributed by atoms with Gasteiger partial charge in [-0.15, -0.1) is 0 Å². The lowest BCUT2D eigenvalue weighted by atomic mass is 9.92. The minimum atomic E-state index is -1.54. The van der Waals surface area contributed by atoms with E-state index >= 15 is 0 Å². The number of phenols is 2. The standard InChI is InChI=1S/C12H16N2O5.2H2O/c1-12(11(18)19,14-10(17)6-13)5-7-2-3-8(15)9(16)4-7;;/h2-4,15-16H,5-6,13H2,1H3,(H,14,17)(H,18,19);2*1H2/t12-;;/m0../s1. The number of hydrogen-bond donors (Lipinski definition) is 5. The summed E-state index contributed by atoms with van der Waals surface area (Å²) in [4.78, 5) is 22.5. The largest absolute Gasteiger partial charge is 0.504 e. The normalized spacial score (nSPS) is 12.3. The Labute approximate surface area is 120 Å². The molecule has 1 aromatic carbocycles. The van der Waals surface area contributed by atoms with Crippen LogP contribution in [0.25, 0.3) is 0 Å². The fraction of sp³-hybridized carbons (Fsp3) is 0.333. The number of benzene rings is 1. The fourth-order valence-electron chi connectivity index (χ4n) is 1.62. The third-order valence-corrected chi connectivity index (χ3v) is 2.67. The first-order chi connectivity index (χ1) is 8.78. The molecule has 0 bridgehead atoms. The highest BCUT2D eigenvalue weighted by molar-refractivity contribution is 5.87. The first-order valence-electron chi connectivity index (χ1n) is 5.54. The topological polar surface area (TPSA) is 196 Å². The van der Waals surface area contributed by atoms with E-state index in [4.69, 9.17) is 5.73 Å². The molecule has 9 nitrogen and oxygen atoms in total. The highest BCUT2D eigenvalue weighted by Gasteiger charge is 2.34. The lowest BCUT2D eigenvalue weighted by Crippen LogP contribution is -2.55. The second-order valence-electron chi connectivity index (χ2n) is 4.39. The summed E-state index contributed by atoms with van der Waals surface area (Å²) in [5.74, 6) is -2.46. The number of aliphatic carboxylic acids is 1. The quantitative estimate of drug-likeness (QED) is 0.386. The number of carbonyl (C=O) groups excluding carboxylic acids is 1. The Morgan fingerprint density at radius 3 is 2.24 bits per heavy atom. The van der Waals surface area contributed by atoms with Gasteiger partial charge in [-0.3, -0.25) is 4.79 Å². The summed E-state index contributed by atoms with van der Waals surface area (Å²) in [7, 11) is 0. The van der Waals surface area contributed by atoms with Crippen molar-refractivity contribution >= 4 is 11.9 Å². The molecule has 0 aliphatic heterocycles. The van der Waals surface area contributed by atoms with Crippen LogP contribution in [0.15, 0.2) is 18.2 Å². The molecule has 120 valence electrons. The highest BCUT2D eigenvalue weighted by atomic mass is 16.4. The molecule has 1 atom stereocenters. The predicted molar refractivity (Wildman–Crippen MR) is 73.9 cm³/mol. The summed E-state index contributed by atoms with van der Waals surface area (Å²) in [5, 5.41) is 30.1. The molecule has 1 aromatic rings. The van der Waals surface area contributed by atoms with Crippen molar-refractivity contribution in [2.75, 3.05) is 6.54 Å². The van der Waals surface area contributed by atoms with Crippen molar-refractivity contribution < 1.29 is 35.9 Å². The zero-order valence-corrected chi connectivity index (χ0v) is 11.4. The fourth-order valence-corrected chi connectivity index (χ4v) is 1.62. The molecule has 0 saturated heterocycles. The van der Waals surface area contributed by atoms with Gasteiger partial charge in [-0.2, -0.15) is 0 Å². The van der Waals surface area contributed by atoms with Crippen LogP contribution in [-0.2, 0) is 16.0 Å². The van der Waals surface area contributed by atoms with Crippen LogP contribution in [0.1, 0.15) is 12.5 Å². The minimum Gasteiger partial charge on any atom is -0.504 e. The molecule has 0 heterocycles. The molecule has 0 radical (unpaired) electrons. The van der Waals surface area contributed by atoms with Gasteiger partial charge in [0.25, 0.3) is 0 Å². The van der Waals surface area contributed by atoms with Crippen LogP contribution in [0.2, 0.25) is 0 Å². The van der Waals surface area contributed by atoms with E-state index in [0.717, 1.165) is 0 Å². The Balaban J connectivity index is 0. The molecule has 1 amide bonds. The van der Waals surface area contributed by atoms with Crippen LogP contribution >= 0.6 is 0 Å². The van der Waals surface area contributed by atoms with Crippen molar-refractivity contribution in [2.45, 2.75) is 18.9 Å². The number of carbonyl (C=O) groups is 2. The van der Waals surface area contributed by atoms with E-state index in [1.807, 2.05) is 0 Å². The van der Waals surface area contributed by atoms with E-state index in [-0.39, 0.29) is 35.4 Å². The van der Waals surface area contributed by atoms with Crippen LogP contribution in [0.4, 0.5) is 0 Å². The first kappa shape index (κ1) is 20.9. The van der Waals surface area contributed by atoms with E-state index in [2.05, 4.69) is 5.32 Å². The zero-order chi connectivity index (χ0) is 14.6. The van der Waals surface area contributed by atoms with Crippen molar-refractivity contribution in [3.05, 3.63) is 23.8 Å². The molecule has 0 aromatic heterocycles. The maximum Gasteiger partial charge on any atom is 0.329 e. The Kier molecular flexibility index (Phi) is 8.02. The number of aromatic hydroxyl groups is 2. The van der Waals surface area contributed by atoms with Crippen LogP contribution < -0.4 is 11.1 Å². The Hall–Kier alpha value is -2.36. The van der Waals surface area contributed by atoms with Crippen molar-refractivity contribution in [3.63, 3.8) is 0 Å². The lowest BCUT2D eigenvalue weighted by Gasteiger charge is -2.26. The maximum absolute atomic E-state index is 11.3. The molecular weight excluding hydrogens is 284 g/mol. The molecule has 9 heteroatoms. The summed E-state index contributed by atoms with van der Waals surface area (Å²) in [6.07, 6.45) is -0.0537. The molecule has 1 rings (SSSR count). The summed E-state index contributed by atoms with van der Waals surface area (Å²) >= 11 is 0. The smallest absolute Gasteiger partial charge is 0.329 e. The second-order valence-corrected chi connectivity index (χ2v) is 4.39. The average Bonchev–Trinajstić information content (AvgIpc) is 2.33. The summed E-state index contributed by atoms with van der Waals surface area (Å²) < 4.78 is 0. The second kappa shape index (κ2) is 8.04. The van der Waals surface area contributed by atoms with Gasteiger partial charge in [0.2, 0.25) is 5.91 Å². The molecule has 21 heavy (non-hydrogen) atoms. The van der Waals surface area contributed by atoms with E-state index in [1.165, 1.54) is 25.1 Å². The molecule has 0 fully saturated rings. The third-order valence-electron chi connectivity index (χ3n) is 2.67. The monoisotopic (exact) mass is 304 g/mol. The molecule has 0 saturated carbocycles. The Bertz CT molecular complexity index is 506. The highest BCUT2D eigenvalue weighted by Crippen LogP contribution is 2.26. The number of nitrogens with two attached hydrogens (primary N) is 1.